The van der Waals surface area contributed by atoms with Gasteiger partial charge in [-0.1, -0.05) is 23.8 Å². The molecule has 0 aliphatic carbocycles. The lowest BCUT2D eigenvalue weighted by Crippen LogP contribution is -2.39. The summed E-state index contributed by atoms with van der Waals surface area (Å²) < 4.78 is 44.4. The van der Waals surface area contributed by atoms with Crippen LogP contribution in [0.3, 0.4) is 0 Å². The van der Waals surface area contributed by atoms with Crippen LogP contribution in [-0.4, -0.2) is 52.4 Å². The van der Waals surface area contributed by atoms with Crippen molar-refractivity contribution in [3.05, 3.63) is 83.4 Å². The number of anilines is 1. The molecule has 218 valence electrons. The van der Waals surface area contributed by atoms with Gasteiger partial charge < -0.3 is 14.2 Å². The lowest BCUT2D eigenvalue weighted by Gasteiger charge is -2.25. The van der Waals surface area contributed by atoms with Crippen LogP contribution in [0.2, 0.25) is 0 Å². The van der Waals surface area contributed by atoms with E-state index in [-0.39, 0.29) is 17.2 Å². The Bertz CT molecular complexity index is 1490. The Balaban J connectivity index is 1.72. The van der Waals surface area contributed by atoms with Crippen LogP contribution in [0.25, 0.3) is 0 Å². The summed E-state index contributed by atoms with van der Waals surface area (Å²) in [6, 6.07) is 18.1. The number of amides is 1. The number of rotatable bonds is 11. The molecule has 0 aliphatic rings. The second-order valence-corrected chi connectivity index (χ2v) is 12.1. The number of hydrogen-bond donors (Lipinski definition) is 1. The molecule has 0 aromatic heterocycles. The van der Waals surface area contributed by atoms with E-state index in [1.54, 1.807) is 75.4 Å². The lowest BCUT2D eigenvalue weighted by molar-refractivity contribution is -0.157. The SMILES string of the molecule is COc1ccc(C)cc1N(CC(=O)N/N=C\c1ccc(OCC(=O)OC(C)(C)C)cc1)S(=O)(=O)c1ccc(C)cc1. The fraction of sp³-hybridized carbons (Fsp3) is 0.300. The standard InChI is InChI=1S/C30H35N3O7S/c1-21-7-14-25(15-8-21)41(36,37)33(26-17-22(2)9-16-27(26)38-6)19-28(34)32-31-18-23-10-12-24(13-11-23)39-20-29(35)40-30(3,4)5/h7-18H,19-20H2,1-6H3,(H,32,34)/b31-18-. The van der Waals surface area contributed by atoms with Gasteiger partial charge in [-0.25, -0.2) is 18.6 Å². The molecule has 0 aliphatic heterocycles. The first-order valence-corrected chi connectivity index (χ1v) is 14.2. The van der Waals surface area contributed by atoms with Crippen molar-refractivity contribution in [3.8, 4) is 11.5 Å². The second kappa shape index (κ2) is 13.3. The van der Waals surface area contributed by atoms with Gasteiger partial charge in [-0.05, 0) is 94.3 Å². The number of methoxy groups -OCH3 is 1. The predicted octanol–water partition coefficient (Wildman–Crippen LogP) is 4.38. The molecule has 3 aromatic carbocycles. The summed E-state index contributed by atoms with van der Waals surface area (Å²) >= 11 is 0. The summed E-state index contributed by atoms with van der Waals surface area (Å²) in [5.74, 6) is -0.372. The van der Waals surface area contributed by atoms with Crippen LogP contribution in [0, 0.1) is 13.8 Å². The van der Waals surface area contributed by atoms with Crippen molar-refractivity contribution in [1.82, 2.24) is 5.43 Å². The van der Waals surface area contributed by atoms with Crippen LogP contribution in [0.15, 0.2) is 76.7 Å². The largest absolute Gasteiger partial charge is 0.495 e. The Hall–Kier alpha value is -4.38. The Labute approximate surface area is 241 Å². The molecule has 3 rings (SSSR count). The van der Waals surface area contributed by atoms with E-state index in [1.807, 2.05) is 13.8 Å². The molecular weight excluding hydrogens is 546 g/mol. The highest BCUT2D eigenvalue weighted by Crippen LogP contribution is 2.33. The molecule has 1 amide bonds. The van der Waals surface area contributed by atoms with Gasteiger partial charge in [0.1, 0.15) is 23.6 Å². The molecule has 0 heterocycles. The van der Waals surface area contributed by atoms with E-state index >= 15 is 0 Å². The zero-order valence-electron chi connectivity index (χ0n) is 24.0. The maximum absolute atomic E-state index is 13.7. The Morgan fingerprint density at radius 2 is 1.59 bits per heavy atom. The summed E-state index contributed by atoms with van der Waals surface area (Å²) in [5, 5.41) is 3.97. The summed E-state index contributed by atoms with van der Waals surface area (Å²) in [7, 11) is -2.69. The highest BCUT2D eigenvalue weighted by Gasteiger charge is 2.29. The van der Waals surface area contributed by atoms with Crippen molar-refractivity contribution in [3.63, 3.8) is 0 Å². The van der Waals surface area contributed by atoms with Crippen molar-refractivity contribution < 1.29 is 32.2 Å². The molecule has 0 saturated carbocycles. The zero-order valence-corrected chi connectivity index (χ0v) is 24.8. The number of ether oxygens (including phenoxy) is 3. The first kappa shape index (κ1) is 31.2. The summed E-state index contributed by atoms with van der Waals surface area (Å²) in [6.07, 6.45) is 1.40. The molecule has 3 aromatic rings. The van der Waals surface area contributed by atoms with Crippen molar-refractivity contribution >= 4 is 33.8 Å². The highest BCUT2D eigenvalue weighted by atomic mass is 32.2. The molecule has 1 N–H and O–H groups in total. The van der Waals surface area contributed by atoms with Gasteiger partial charge in [0.25, 0.3) is 15.9 Å². The highest BCUT2D eigenvalue weighted by molar-refractivity contribution is 7.92. The second-order valence-electron chi connectivity index (χ2n) is 10.2. The molecule has 0 saturated heterocycles. The normalized spacial score (nSPS) is 11.7. The number of esters is 1. The maximum atomic E-state index is 13.7. The van der Waals surface area contributed by atoms with Crippen molar-refractivity contribution in [2.75, 3.05) is 24.6 Å². The topological polar surface area (TPSA) is 124 Å². The number of sulfonamides is 1. The van der Waals surface area contributed by atoms with E-state index < -0.39 is 34.0 Å². The Morgan fingerprint density at radius 3 is 2.20 bits per heavy atom. The number of hydrazone groups is 1. The number of carbonyl (C=O) groups excluding carboxylic acids is 2. The number of carbonyl (C=O) groups is 2. The minimum atomic E-state index is -4.13. The van der Waals surface area contributed by atoms with Crippen LogP contribution in [0.5, 0.6) is 11.5 Å². The molecule has 11 heteroatoms. The molecule has 0 radical (unpaired) electrons. The summed E-state index contributed by atoms with van der Waals surface area (Å²) in [4.78, 5) is 24.8. The van der Waals surface area contributed by atoms with Gasteiger partial charge in [0, 0.05) is 0 Å². The van der Waals surface area contributed by atoms with Crippen LogP contribution >= 0.6 is 0 Å². The molecular formula is C30H35N3O7S. The first-order chi connectivity index (χ1) is 19.3. The van der Waals surface area contributed by atoms with E-state index in [0.717, 1.165) is 15.4 Å². The van der Waals surface area contributed by atoms with Gasteiger partial charge in [0.05, 0.1) is 23.9 Å². The van der Waals surface area contributed by atoms with Gasteiger partial charge in [0.15, 0.2) is 6.61 Å². The van der Waals surface area contributed by atoms with Crippen molar-refractivity contribution in [2.45, 2.75) is 45.1 Å². The van der Waals surface area contributed by atoms with E-state index in [4.69, 9.17) is 14.2 Å². The fourth-order valence-electron chi connectivity index (χ4n) is 3.64. The third-order valence-electron chi connectivity index (χ3n) is 5.56. The van der Waals surface area contributed by atoms with Crippen LogP contribution in [-0.2, 0) is 24.3 Å². The molecule has 0 atom stereocenters. The number of benzene rings is 3. The number of aryl methyl sites for hydroxylation is 2. The maximum Gasteiger partial charge on any atom is 0.344 e. The molecule has 41 heavy (non-hydrogen) atoms. The minimum absolute atomic E-state index is 0.0388. The van der Waals surface area contributed by atoms with Gasteiger partial charge >= 0.3 is 5.97 Å². The van der Waals surface area contributed by atoms with Gasteiger partial charge in [-0.3, -0.25) is 9.10 Å². The molecule has 0 unspecified atom stereocenters. The third kappa shape index (κ3) is 9.07. The molecule has 10 nitrogen and oxygen atoms in total. The monoisotopic (exact) mass is 581 g/mol. The quantitative estimate of drug-likeness (QED) is 0.203. The minimum Gasteiger partial charge on any atom is -0.495 e. The van der Waals surface area contributed by atoms with Crippen LogP contribution in [0.4, 0.5) is 5.69 Å². The van der Waals surface area contributed by atoms with Crippen molar-refractivity contribution in [1.29, 1.82) is 0 Å². The molecule has 0 spiro atoms. The van der Waals surface area contributed by atoms with Crippen LogP contribution < -0.4 is 19.2 Å². The van der Waals surface area contributed by atoms with E-state index in [9.17, 15) is 18.0 Å². The van der Waals surface area contributed by atoms with Crippen molar-refractivity contribution in [2.24, 2.45) is 5.10 Å². The Kier molecular flexibility index (Phi) is 10.1. The first-order valence-electron chi connectivity index (χ1n) is 12.8. The van der Waals surface area contributed by atoms with E-state index in [2.05, 4.69) is 10.5 Å². The molecule has 0 fully saturated rings. The zero-order chi connectivity index (χ0) is 30.2. The predicted molar refractivity (Wildman–Crippen MR) is 157 cm³/mol. The van der Waals surface area contributed by atoms with E-state index in [0.29, 0.717) is 17.1 Å². The number of hydrogen-bond acceptors (Lipinski definition) is 8. The summed E-state index contributed by atoms with van der Waals surface area (Å²) in [5.41, 5.74) is 4.35. The summed E-state index contributed by atoms with van der Waals surface area (Å²) in [6.45, 7) is 8.23. The number of nitrogens with zero attached hydrogens (tertiary/aromatic N) is 2. The van der Waals surface area contributed by atoms with Gasteiger partial charge in [-0.2, -0.15) is 5.10 Å². The van der Waals surface area contributed by atoms with Crippen LogP contribution in [0.1, 0.15) is 37.5 Å². The van der Waals surface area contributed by atoms with E-state index in [1.165, 1.54) is 25.5 Å². The van der Waals surface area contributed by atoms with Gasteiger partial charge in [0.2, 0.25) is 0 Å². The fourth-order valence-corrected chi connectivity index (χ4v) is 5.06. The number of nitrogens with one attached hydrogen (secondary N) is 1. The third-order valence-corrected chi connectivity index (χ3v) is 7.33. The molecule has 0 bridgehead atoms. The lowest BCUT2D eigenvalue weighted by atomic mass is 10.2. The van der Waals surface area contributed by atoms with Gasteiger partial charge in [-0.15, -0.1) is 0 Å². The average molecular weight is 582 g/mol. The Morgan fingerprint density at radius 1 is 0.951 bits per heavy atom. The smallest absolute Gasteiger partial charge is 0.344 e. The average Bonchev–Trinajstić information content (AvgIpc) is 2.90.